The van der Waals surface area contributed by atoms with Gasteiger partial charge in [-0.15, -0.1) is 0 Å². The second kappa shape index (κ2) is 28.9. The Balaban J connectivity index is 1.37. The summed E-state index contributed by atoms with van der Waals surface area (Å²) in [4.78, 5) is 27.6. The predicted octanol–water partition coefficient (Wildman–Crippen LogP) is 9.83. The van der Waals surface area contributed by atoms with E-state index in [1.807, 2.05) is 75.4 Å². The van der Waals surface area contributed by atoms with Gasteiger partial charge in [0.1, 0.15) is 5.75 Å². The maximum Gasteiger partial charge on any atom is 0.310 e. The van der Waals surface area contributed by atoms with Crippen LogP contribution in [-0.4, -0.2) is 129 Å². The van der Waals surface area contributed by atoms with Crippen molar-refractivity contribution in [3.8, 4) is 17.6 Å². The number of hydrogen-bond acceptors (Lipinski definition) is 12. The summed E-state index contributed by atoms with van der Waals surface area (Å²) in [6.45, 7) is 5.36. The molecule has 87 heavy (non-hydrogen) atoms. The fourth-order valence-electron chi connectivity index (χ4n) is 17.7. The van der Waals surface area contributed by atoms with E-state index >= 15 is 0 Å². The molecule has 10 rings (SSSR count). The molecule has 3 aromatic carbocycles. The summed E-state index contributed by atoms with van der Waals surface area (Å²) in [6, 6.07) is 19.5. The van der Waals surface area contributed by atoms with Crippen molar-refractivity contribution < 1.29 is 60.7 Å². The minimum atomic E-state index is -1.75. The third-order valence-electron chi connectivity index (χ3n) is 22.7. The molecule has 1 saturated heterocycles. The molecule has 0 radical (unpaired) electrons. The van der Waals surface area contributed by atoms with Crippen molar-refractivity contribution >= 4 is 11.9 Å². The number of carbonyl (C=O) groups is 2. The molecular weight excluding hydrogens is 1100 g/mol. The van der Waals surface area contributed by atoms with Crippen LogP contribution >= 0.6 is 0 Å². The number of benzene rings is 3. The van der Waals surface area contributed by atoms with Gasteiger partial charge in [-0.2, -0.15) is 0 Å². The Morgan fingerprint density at radius 1 is 0.828 bits per heavy atom. The first kappa shape index (κ1) is 66.5. The predicted molar refractivity (Wildman–Crippen MR) is 338 cm³/mol. The lowest BCUT2D eigenvalue weighted by Gasteiger charge is -2.59. The molecule has 3 aliphatic carbocycles. The van der Waals surface area contributed by atoms with Gasteiger partial charge in [-0.25, -0.2) is 0 Å². The van der Waals surface area contributed by atoms with E-state index in [4.69, 9.17) is 0 Å². The summed E-state index contributed by atoms with van der Waals surface area (Å²) in [5.74, 6) is 4.16. The van der Waals surface area contributed by atoms with Crippen LogP contribution in [0.15, 0.2) is 90.0 Å². The number of aliphatic hydroxyl groups is 7. The number of fused-ring (bicyclic) bond motifs is 6. The largest absolute Gasteiger partial charge is 0.508 e. The third-order valence-corrected chi connectivity index (χ3v) is 22.7. The van der Waals surface area contributed by atoms with Crippen LogP contribution in [0.25, 0.3) is 0 Å². The lowest BCUT2D eigenvalue weighted by Crippen LogP contribution is -2.73. The van der Waals surface area contributed by atoms with Crippen LogP contribution in [0.5, 0.6) is 5.75 Å². The van der Waals surface area contributed by atoms with E-state index in [0.717, 1.165) is 104 Å². The SMILES string of the molecule is CCCC[C@H](O)[C@H](O)/C=C/C1=C(\C[C@H](O)CO)[C@H]2CC[C@@H](O)[C@@H]3N[C@H](C)CC[C@H]([C@H]3CC(=O)O)[C@H](O)Cc3ccc(cc3C[C@]3(C(=O)O)CCCCC34CCCC4)C[C@@]([C@@](C)(O)C3(c4ccc(O)cc4)CCCCC3)(CC#Cc3ccccc3CC1)N2. The first-order chi connectivity index (χ1) is 41.7. The summed E-state index contributed by atoms with van der Waals surface area (Å²) >= 11 is 0. The highest BCUT2D eigenvalue weighted by molar-refractivity contribution is 5.77. The number of phenolic OH excluding ortho intramolecular Hbond substituents is 1. The fourth-order valence-corrected chi connectivity index (χ4v) is 17.7. The molecule has 4 heterocycles. The van der Waals surface area contributed by atoms with E-state index in [-0.39, 0.29) is 63.2 Å². The zero-order valence-corrected chi connectivity index (χ0v) is 52.1. The lowest BCUT2D eigenvalue weighted by molar-refractivity contribution is -0.163. The molecule has 0 aromatic heterocycles. The van der Waals surface area contributed by atoms with Gasteiger partial charge in [-0.05, 0) is 197 Å². The van der Waals surface area contributed by atoms with E-state index in [0.29, 0.717) is 68.9 Å². The molecule has 3 aromatic rings. The molecular formula is C73H102N2O12. The van der Waals surface area contributed by atoms with Gasteiger partial charge in [0.25, 0.3) is 0 Å². The molecule has 3 saturated carbocycles. The van der Waals surface area contributed by atoms with Crippen molar-refractivity contribution in [1.82, 2.24) is 10.6 Å². The van der Waals surface area contributed by atoms with Crippen LogP contribution in [0.1, 0.15) is 208 Å². The van der Waals surface area contributed by atoms with Gasteiger partial charge in [-0.1, -0.05) is 137 Å². The summed E-state index contributed by atoms with van der Waals surface area (Å²) < 4.78 is 0. The number of allylic oxidation sites excluding steroid dienone is 2. The topological polar surface area (TPSA) is 260 Å². The number of rotatable bonds is 17. The van der Waals surface area contributed by atoms with Gasteiger partial charge in [0, 0.05) is 35.5 Å². The number of carboxylic acid groups (broad SMARTS) is 2. The molecule has 14 heteroatoms. The van der Waals surface area contributed by atoms with Crippen molar-refractivity contribution in [1.29, 1.82) is 0 Å². The monoisotopic (exact) mass is 1200 g/mol. The van der Waals surface area contributed by atoms with Crippen LogP contribution < -0.4 is 10.6 Å². The van der Waals surface area contributed by atoms with Crippen LogP contribution in [0.2, 0.25) is 0 Å². The van der Waals surface area contributed by atoms with Gasteiger partial charge in [0.15, 0.2) is 0 Å². The van der Waals surface area contributed by atoms with Gasteiger partial charge in [-0.3, -0.25) is 9.59 Å². The van der Waals surface area contributed by atoms with E-state index in [2.05, 4.69) is 28.5 Å². The number of aryl methyl sites for hydroxylation is 1. The highest BCUT2D eigenvalue weighted by Crippen LogP contribution is 2.61. The molecule has 476 valence electrons. The number of carboxylic acids is 2. The van der Waals surface area contributed by atoms with Crippen molar-refractivity contribution in [2.45, 2.75) is 266 Å². The highest BCUT2D eigenvalue weighted by Gasteiger charge is 2.62. The van der Waals surface area contributed by atoms with Gasteiger partial charge in [0.05, 0.1) is 60.1 Å². The third kappa shape index (κ3) is 14.3. The van der Waals surface area contributed by atoms with E-state index in [9.17, 15) is 60.7 Å². The smallest absolute Gasteiger partial charge is 0.310 e. The summed E-state index contributed by atoms with van der Waals surface area (Å²) in [5.41, 5.74) is 0.602. The van der Waals surface area contributed by atoms with Crippen LogP contribution in [-0.2, 0) is 40.7 Å². The Morgan fingerprint density at radius 2 is 1.53 bits per heavy atom. The van der Waals surface area contributed by atoms with Crippen LogP contribution in [0, 0.1) is 34.5 Å². The highest BCUT2D eigenvalue weighted by atomic mass is 16.4. The molecule has 12 N–H and O–H groups in total. The van der Waals surface area contributed by atoms with Crippen molar-refractivity contribution in [3.05, 3.63) is 123 Å². The molecule has 6 bridgehead atoms. The van der Waals surface area contributed by atoms with E-state index in [1.165, 1.54) is 0 Å². The number of aliphatic hydroxyl groups excluding tert-OH is 6. The zero-order chi connectivity index (χ0) is 62.2. The Kier molecular flexibility index (Phi) is 22.1. The average Bonchev–Trinajstić information content (AvgIpc) is 1.16. The number of aliphatic carboxylic acids is 2. The Morgan fingerprint density at radius 3 is 2.22 bits per heavy atom. The maximum absolute atomic E-state index is 14.9. The number of nitrogens with one attached hydrogen (secondary N) is 2. The summed E-state index contributed by atoms with van der Waals surface area (Å²) in [6.07, 6.45) is 12.1. The second-order valence-corrected chi connectivity index (χ2v) is 27.9. The Bertz CT molecular complexity index is 2930. The fraction of sp³-hybridized carbons (Fsp3) is 0.644. The first-order valence-corrected chi connectivity index (χ1v) is 33.3. The Labute approximate surface area is 517 Å². The average molecular weight is 1200 g/mol. The summed E-state index contributed by atoms with van der Waals surface area (Å²) in [5, 5.41) is 128. The molecule has 1 spiro atoms. The minimum Gasteiger partial charge on any atom is -0.508 e. The van der Waals surface area contributed by atoms with E-state index in [1.54, 1.807) is 18.2 Å². The number of unbranched alkanes of at least 4 members (excludes halogenated alkanes) is 1. The maximum atomic E-state index is 14.9. The molecule has 4 fully saturated rings. The number of phenols is 1. The lowest BCUT2D eigenvalue weighted by atomic mass is 9.52. The van der Waals surface area contributed by atoms with Crippen molar-refractivity contribution in [3.63, 3.8) is 0 Å². The number of aromatic hydroxyl groups is 1. The standard InChI is InChI=1S/C73H102N2O12/c1-4-5-19-62(79)63(80)32-25-52-24-23-51-17-8-7-16-50(51)18-15-40-73(69(3,87)71(37-9-6-10-38-71)55-26-28-56(77)29-27-55)45-49-21-22-53(54(41-49)46-72(68(85)86)39-14-13-36-70(72)34-11-12-35-70)42-65(82)58-30-20-48(2)74-67(60(58)44-66(83)84)64(81)33-31-61(75-73)59(52)43-57(78)47-76/h7-8,16-17,21-22,25-29,32,41,48,57-58,60-65,67,74-82,87H,4-6,9-14,19-20,23-24,30-31,33-40,42-47H2,1-3H3,(H,83,84)(H,85,86)/b32-25+,59-52+/t48-,57+,58-,60-,61-,62+,63-,64-,65-,67-,69+,72+,73-/m1/s1. The molecule has 0 unspecified atom stereocenters. The van der Waals surface area contributed by atoms with Gasteiger partial charge >= 0.3 is 11.9 Å². The zero-order valence-electron chi connectivity index (χ0n) is 52.1. The molecule has 7 aliphatic rings. The van der Waals surface area contributed by atoms with Crippen LogP contribution in [0.3, 0.4) is 0 Å². The van der Waals surface area contributed by atoms with Gasteiger partial charge < -0.3 is 61.7 Å². The minimum absolute atomic E-state index is 0.0542. The van der Waals surface area contributed by atoms with Crippen molar-refractivity contribution in [2.24, 2.45) is 22.7 Å². The van der Waals surface area contributed by atoms with E-state index < -0.39 is 100 Å². The normalized spacial score (nSPS) is 31.4. The number of hydrogen-bond donors (Lipinski definition) is 12. The molecule has 14 nitrogen and oxygen atoms in total. The quantitative estimate of drug-likeness (QED) is 0.0562. The molecule has 0 amide bonds. The molecule has 13 atom stereocenters. The first-order valence-electron chi connectivity index (χ1n) is 33.3. The van der Waals surface area contributed by atoms with Crippen LogP contribution in [0.4, 0.5) is 0 Å². The summed E-state index contributed by atoms with van der Waals surface area (Å²) in [7, 11) is 0. The Hall–Kier alpha value is -4.92. The van der Waals surface area contributed by atoms with Crippen molar-refractivity contribution in [2.75, 3.05) is 6.61 Å². The van der Waals surface area contributed by atoms with Gasteiger partial charge in [0.2, 0.25) is 0 Å². The second-order valence-electron chi connectivity index (χ2n) is 27.9. The molecule has 4 aliphatic heterocycles.